The third-order valence-electron chi connectivity index (χ3n) is 18.3. The van der Waals surface area contributed by atoms with Crippen LogP contribution < -0.4 is 34.4 Å². The number of hydrogen-bond donors (Lipinski definition) is 1. The van der Waals surface area contributed by atoms with Crippen LogP contribution in [0.15, 0.2) is 98.1 Å². The number of nitriles is 2. The summed E-state index contributed by atoms with van der Waals surface area (Å²) in [5.74, 6) is 1.30. The molecule has 12 rings (SSSR count). The van der Waals surface area contributed by atoms with Gasteiger partial charge in [-0.1, -0.05) is 84.9 Å². The number of aromatic nitrogens is 4. The Kier molecular flexibility index (Phi) is 19.2. The van der Waals surface area contributed by atoms with E-state index in [2.05, 4.69) is 92.7 Å². The molecule has 2 unspecified atom stereocenters. The van der Waals surface area contributed by atoms with Gasteiger partial charge in [-0.05, 0) is 114 Å². The quantitative estimate of drug-likeness (QED) is 0.0793. The van der Waals surface area contributed by atoms with E-state index in [9.17, 15) is 24.9 Å². The van der Waals surface area contributed by atoms with Gasteiger partial charge in [0.05, 0.1) is 84.8 Å². The first-order chi connectivity index (χ1) is 43.8. The molecule has 22 heteroatoms. The highest BCUT2D eigenvalue weighted by Gasteiger charge is 2.47. The second-order valence-corrected chi connectivity index (χ2v) is 26.7. The maximum atomic E-state index is 12.7. The van der Waals surface area contributed by atoms with Crippen molar-refractivity contribution in [1.29, 1.82) is 10.5 Å². The number of nitrogens with zero attached hydrogens (tertiary/aromatic N) is 13. The second kappa shape index (κ2) is 27.2. The van der Waals surface area contributed by atoms with Crippen LogP contribution in [0.5, 0.6) is 12.0 Å². The monoisotopic (exact) mass is 1270 g/mol. The van der Waals surface area contributed by atoms with Gasteiger partial charge in [-0.3, -0.25) is 9.59 Å². The van der Waals surface area contributed by atoms with E-state index in [1.165, 1.54) is 12.2 Å². The van der Waals surface area contributed by atoms with Crippen LogP contribution in [0.1, 0.15) is 81.8 Å². The van der Waals surface area contributed by atoms with Gasteiger partial charge in [0.15, 0.2) is 0 Å². The number of halogens is 2. The topological polar surface area (TPSA) is 213 Å². The first-order valence-electron chi connectivity index (χ1n) is 31.4. The molecule has 6 aromatic rings. The summed E-state index contributed by atoms with van der Waals surface area (Å²) in [7, 11) is 3.72. The molecule has 4 fully saturated rings. The number of benzene rings is 4. The number of nitrogens with one attached hydrogen (secondary N) is 1. The SMILES string of the molecule is C=CC(=O)N1CCN(c2nc(OCC3(CN(C)C(=O)OC(C)(C)C)CC3)nc3c2CCN(c2cccc4cccc(Cl)c24)C3)CC1CC#N.C=CC(=O)N1CCN(c2nc(OCC3(CNC)CC3)nc3c2CCN(c2cccc4cccc(Cl)c24)C3)CC1CC#N. The Morgan fingerprint density at radius 1 is 0.659 bits per heavy atom. The van der Waals surface area contributed by atoms with Gasteiger partial charge in [0.1, 0.15) is 17.2 Å². The van der Waals surface area contributed by atoms with E-state index in [4.69, 9.17) is 57.3 Å². The van der Waals surface area contributed by atoms with E-state index in [1.807, 2.05) is 58.2 Å². The maximum Gasteiger partial charge on any atom is 0.410 e. The Morgan fingerprint density at radius 3 is 1.51 bits per heavy atom. The number of rotatable bonds is 18. The first-order valence-corrected chi connectivity index (χ1v) is 32.2. The molecule has 0 radical (unpaired) electrons. The standard InChI is InChI=1S/C37H44ClN7O4.C32H36ClN7O2/c1-6-31(46)45-20-19-44(21-26(45)13-17-39)33-27-14-18-43(30-12-8-10-25-9-7-11-28(38)32(25)30)22-29(27)40-34(41-33)48-24-37(15-16-37)23-42(5)35(47)49-36(2,3)4;1-3-28(41)40-17-16-39(18-23(40)10-14-34)30-24-11-15-38(27-9-5-7-22-6-4-8-25(33)29(22)27)19-26(24)36-31(37-30)42-21-32(12-13-32)20-35-2/h6-12,26H,1,13-16,18-24H2,2-5H3;3-9,23,35H,1,10-13,15-21H2,2H3. The van der Waals surface area contributed by atoms with Gasteiger partial charge in [-0.2, -0.15) is 30.5 Å². The summed E-state index contributed by atoms with van der Waals surface area (Å²) < 4.78 is 18.3. The minimum absolute atomic E-state index is 0.133. The molecule has 476 valence electrons. The number of amides is 3. The van der Waals surface area contributed by atoms with Crippen molar-refractivity contribution in [2.75, 3.05) is 112 Å². The minimum atomic E-state index is -0.576. The normalized spacial score (nSPS) is 18.8. The molecule has 3 amide bonds. The van der Waals surface area contributed by atoms with Crippen LogP contribution in [-0.4, -0.2) is 163 Å². The molecule has 2 saturated heterocycles. The summed E-state index contributed by atoms with van der Waals surface area (Å²) in [5.41, 5.74) is 5.43. The molecular weight excluding hydrogens is 1190 g/mol. The lowest BCUT2D eigenvalue weighted by Gasteiger charge is -2.42. The Balaban J connectivity index is 0.000000189. The number of ether oxygens (including phenoxy) is 3. The summed E-state index contributed by atoms with van der Waals surface area (Å²) in [4.78, 5) is 71.8. The zero-order valence-corrected chi connectivity index (χ0v) is 54.2. The van der Waals surface area contributed by atoms with Crippen molar-refractivity contribution in [2.45, 2.75) is 103 Å². The molecule has 1 N–H and O–H groups in total. The summed E-state index contributed by atoms with van der Waals surface area (Å²) in [6, 6.07) is 29.1. The van der Waals surface area contributed by atoms with Gasteiger partial charge < -0.3 is 53.8 Å². The number of piperazine rings is 2. The predicted molar refractivity (Wildman–Crippen MR) is 355 cm³/mol. The number of carbonyl (C=O) groups excluding carboxylic acids is 3. The van der Waals surface area contributed by atoms with Gasteiger partial charge in [0.2, 0.25) is 11.8 Å². The lowest BCUT2D eigenvalue weighted by Crippen LogP contribution is -2.55. The first kappa shape index (κ1) is 64.1. The fourth-order valence-corrected chi connectivity index (χ4v) is 13.7. The van der Waals surface area contributed by atoms with Gasteiger partial charge in [0.25, 0.3) is 0 Å². The predicted octanol–water partition coefficient (Wildman–Crippen LogP) is 10.3. The van der Waals surface area contributed by atoms with Crippen molar-refractivity contribution in [1.82, 2.24) is 40.0 Å². The van der Waals surface area contributed by atoms with Crippen LogP contribution >= 0.6 is 23.2 Å². The molecule has 0 spiro atoms. The van der Waals surface area contributed by atoms with Gasteiger partial charge in [-0.15, -0.1) is 0 Å². The Morgan fingerprint density at radius 2 is 1.10 bits per heavy atom. The summed E-state index contributed by atoms with van der Waals surface area (Å²) >= 11 is 13.4. The molecule has 4 aliphatic heterocycles. The van der Waals surface area contributed by atoms with Crippen LogP contribution in [0.25, 0.3) is 21.5 Å². The third-order valence-corrected chi connectivity index (χ3v) is 18.9. The molecule has 4 aromatic carbocycles. The van der Waals surface area contributed by atoms with Crippen molar-refractivity contribution in [3.63, 3.8) is 0 Å². The Bertz CT molecular complexity index is 3830. The van der Waals surface area contributed by atoms with E-state index in [-0.39, 0.29) is 59.7 Å². The van der Waals surface area contributed by atoms with Crippen molar-refractivity contribution in [3.8, 4) is 24.2 Å². The molecule has 6 aliphatic rings. The largest absolute Gasteiger partial charge is 0.463 e. The van der Waals surface area contributed by atoms with Crippen molar-refractivity contribution in [2.24, 2.45) is 10.8 Å². The van der Waals surface area contributed by atoms with Crippen LogP contribution in [-0.2, 0) is 40.3 Å². The molecule has 2 saturated carbocycles. The van der Waals surface area contributed by atoms with Crippen molar-refractivity contribution < 1.29 is 28.6 Å². The van der Waals surface area contributed by atoms with E-state index in [1.54, 1.807) is 21.7 Å². The average Bonchev–Trinajstić information content (AvgIpc) is 1.29. The van der Waals surface area contributed by atoms with E-state index in [0.717, 1.165) is 124 Å². The molecule has 91 heavy (non-hydrogen) atoms. The van der Waals surface area contributed by atoms with Gasteiger partial charge >= 0.3 is 18.1 Å². The zero-order chi connectivity index (χ0) is 64.2. The van der Waals surface area contributed by atoms with Crippen LogP contribution in [0.2, 0.25) is 10.0 Å². The lowest BCUT2D eigenvalue weighted by atomic mass is 10.0. The molecule has 6 heterocycles. The number of fused-ring (bicyclic) bond motifs is 4. The maximum absolute atomic E-state index is 12.7. The van der Waals surface area contributed by atoms with Crippen molar-refractivity contribution >= 4 is 85.7 Å². The fourth-order valence-electron chi connectivity index (χ4n) is 13.2. The zero-order valence-electron chi connectivity index (χ0n) is 52.7. The minimum Gasteiger partial charge on any atom is -0.463 e. The third kappa shape index (κ3) is 14.4. The molecule has 2 aliphatic carbocycles. The summed E-state index contributed by atoms with van der Waals surface area (Å²) in [6.07, 6.45) is 8.26. The Hall–Kier alpha value is -8.43. The highest BCUT2D eigenvalue weighted by molar-refractivity contribution is 6.37. The second-order valence-electron chi connectivity index (χ2n) is 25.9. The fraction of sp³-hybridized carbons (Fsp3) is 0.464. The number of hydrogen-bond acceptors (Lipinski definition) is 17. The van der Waals surface area contributed by atoms with E-state index >= 15 is 0 Å². The summed E-state index contributed by atoms with van der Waals surface area (Å²) in [5, 5.41) is 28.1. The van der Waals surface area contributed by atoms with Crippen molar-refractivity contribution in [3.05, 3.63) is 131 Å². The smallest absolute Gasteiger partial charge is 0.410 e. The lowest BCUT2D eigenvalue weighted by molar-refractivity contribution is -0.129. The number of anilines is 4. The Labute approximate surface area is 542 Å². The molecular formula is C69H80Cl2N14O6. The van der Waals surface area contributed by atoms with Crippen LogP contribution in [0.4, 0.5) is 27.8 Å². The van der Waals surface area contributed by atoms with Gasteiger partial charge in [0, 0.05) is 117 Å². The van der Waals surface area contributed by atoms with Crippen LogP contribution in [0.3, 0.4) is 0 Å². The molecule has 2 atom stereocenters. The molecule has 2 aromatic heterocycles. The molecule has 0 bridgehead atoms. The van der Waals surface area contributed by atoms with E-state index in [0.29, 0.717) is 89.6 Å². The summed E-state index contributed by atoms with van der Waals surface area (Å²) in [6.45, 7) is 21.0. The number of carbonyl (C=O) groups is 3. The van der Waals surface area contributed by atoms with E-state index < -0.39 is 5.60 Å². The molecule has 20 nitrogen and oxygen atoms in total. The van der Waals surface area contributed by atoms with Crippen LogP contribution in [0, 0.1) is 33.5 Å². The van der Waals surface area contributed by atoms with Gasteiger partial charge in [-0.25, -0.2) is 4.79 Å². The highest BCUT2D eigenvalue weighted by atomic mass is 35.5. The average molecular weight is 1270 g/mol. The highest BCUT2D eigenvalue weighted by Crippen LogP contribution is 2.48.